The van der Waals surface area contributed by atoms with Crippen LogP contribution in [0.1, 0.15) is 92.4 Å². The summed E-state index contributed by atoms with van der Waals surface area (Å²) in [6.07, 6.45) is 11.4. The van der Waals surface area contributed by atoms with Crippen LogP contribution >= 0.6 is 0 Å². The average molecular weight is 333 g/mol. The first kappa shape index (κ1) is 22.1. The molecule has 0 saturated heterocycles. The number of unbranched alkanes of at least 4 members (excludes halogenated alkanes) is 5. The maximum absolute atomic E-state index is 6.14. The standard InChI is InChI=1S/C18H40O3Si/c1-6-11-13-14-15-17-18(16-12-7-2)22(19-8-3,20-9-4)21-10-5/h18H,6-17H2,1-5H3. The number of rotatable bonds is 16. The molecule has 0 aliphatic rings. The molecule has 0 aromatic heterocycles. The predicted molar refractivity (Wildman–Crippen MR) is 97.3 cm³/mol. The SMILES string of the molecule is CCCCCCCC(CCCC)[Si](OCC)(OCC)OCC. The van der Waals surface area contributed by atoms with Crippen LogP contribution in [0.15, 0.2) is 0 Å². The van der Waals surface area contributed by atoms with Gasteiger partial charge in [-0.2, -0.15) is 0 Å². The zero-order valence-corrected chi connectivity index (χ0v) is 16.8. The molecular weight excluding hydrogens is 292 g/mol. The van der Waals surface area contributed by atoms with Gasteiger partial charge in [-0.05, 0) is 33.6 Å². The van der Waals surface area contributed by atoms with Crippen molar-refractivity contribution in [3.05, 3.63) is 0 Å². The van der Waals surface area contributed by atoms with Crippen molar-refractivity contribution in [2.24, 2.45) is 0 Å². The Morgan fingerprint density at radius 2 is 1.05 bits per heavy atom. The fourth-order valence-electron chi connectivity index (χ4n) is 3.02. The van der Waals surface area contributed by atoms with Gasteiger partial charge in [-0.1, -0.05) is 58.8 Å². The van der Waals surface area contributed by atoms with Crippen molar-refractivity contribution in [3.63, 3.8) is 0 Å². The maximum Gasteiger partial charge on any atom is 0.504 e. The highest BCUT2D eigenvalue weighted by Gasteiger charge is 2.48. The quantitative estimate of drug-likeness (QED) is 0.258. The van der Waals surface area contributed by atoms with Gasteiger partial charge in [-0.25, -0.2) is 0 Å². The second-order valence-electron chi connectivity index (χ2n) is 5.94. The second kappa shape index (κ2) is 14.7. The van der Waals surface area contributed by atoms with Gasteiger partial charge >= 0.3 is 8.80 Å². The summed E-state index contributed by atoms with van der Waals surface area (Å²) < 4.78 is 18.4. The molecule has 0 aromatic carbocycles. The minimum absolute atomic E-state index is 0.467. The Hall–Kier alpha value is 0.0969. The molecule has 1 unspecified atom stereocenters. The van der Waals surface area contributed by atoms with E-state index in [0.29, 0.717) is 25.4 Å². The van der Waals surface area contributed by atoms with Gasteiger partial charge in [0, 0.05) is 25.4 Å². The van der Waals surface area contributed by atoms with E-state index in [1.807, 2.05) is 0 Å². The van der Waals surface area contributed by atoms with E-state index in [1.165, 1.54) is 57.8 Å². The number of hydrogen-bond acceptors (Lipinski definition) is 3. The third kappa shape index (κ3) is 8.66. The lowest BCUT2D eigenvalue weighted by Gasteiger charge is -2.35. The van der Waals surface area contributed by atoms with Crippen LogP contribution in [-0.2, 0) is 13.3 Å². The molecule has 0 amide bonds. The summed E-state index contributed by atoms with van der Waals surface area (Å²) in [4.78, 5) is 0. The highest BCUT2D eigenvalue weighted by atomic mass is 28.4. The first-order chi connectivity index (χ1) is 10.7. The lowest BCUT2D eigenvalue weighted by Crippen LogP contribution is -2.50. The van der Waals surface area contributed by atoms with Crippen molar-refractivity contribution in [3.8, 4) is 0 Å². The molecule has 0 heterocycles. The fraction of sp³-hybridized carbons (Fsp3) is 1.00. The second-order valence-corrected chi connectivity index (χ2v) is 8.83. The van der Waals surface area contributed by atoms with Crippen LogP contribution < -0.4 is 0 Å². The van der Waals surface area contributed by atoms with Crippen LogP contribution in [0.2, 0.25) is 5.54 Å². The molecular formula is C18H40O3Si. The third-order valence-corrected chi connectivity index (χ3v) is 7.75. The van der Waals surface area contributed by atoms with E-state index < -0.39 is 8.80 Å². The van der Waals surface area contributed by atoms with Gasteiger partial charge in [0.05, 0.1) is 0 Å². The third-order valence-electron chi connectivity index (χ3n) is 4.10. The summed E-state index contributed by atoms with van der Waals surface area (Å²) in [5.41, 5.74) is 0.467. The van der Waals surface area contributed by atoms with Gasteiger partial charge in [-0.3, -0.25) is 0 Å². The summed E-state index contributed by atoms with van der Waals surface area (Å²) in [7, 11) is -2.53. The predicted octanol–water partition coefficient (Wildman–Crippen LogP) is 5.96. The van der Waals surface area contributed by atoms with Crippen LogP contribution in [0.4, 0.5) is 0 Å². The van der Waals surface area contributed by atoms with E-state index >= 15 is 0 Å². The molecule has 0 aliphatic heterocycles. The van der Waals surface area contributed by atoms with Crippen molar-refractivity contribution in [2.45, 2.75) is 97.9 Å². The van der Waals surface area contributed by atoms with Crippen LogP contribution in [0, 0.1) is 0 Å². The molecule has 0 rings (SSSR count). The maximum atomic E-state index is 6.14. The van der Waals surface area contributed by atoms with Gasteiger partial charge in [0.2, 0.25) is 0 Å². The average Bonchev–Trinajstić information content (AvgIpc) is 2.50. The molecule has 134 valence electrons. The lowest BCUT2D eigenvalue weighted by atomic mass is 10.1. The summed E-state index contributed by atoms with van der Waals surface area (Å²) in [5.74, 6) is 0. The van der Waals surface area contributed by atoms with E-state index in [1.54, 1.807) is 0 Å². The van der Waals surface area contributed by atoms with E-state index in [0.717, 1.165) is 0 Å². The summed E-state index contributed by atoms with van der Waals surface area (Å²) in [6, 6.07) is 0. The van der Waals surface area contributed by atoms with Crippen molar-refractivity contribution in [1.29, 1.82) is 0 Å². The molecule has 1 atom stereocenters. The van der Waals surface area contributed by atoms with E-state index in [9.17, 15) is 0 Å². The first-order valence-corrected chi connectivity index (χ1v) is 11.4. The van der Waals surface area contributed by atoms with Crippen LogP contribution in [0.3, 0.4) is 0 Å². The molecule has 0 saturated carbocycles. The Morgan fingerprint density at radius 1 is 0.591 bits per heavy atom. The van der Waals surface area contributed by atoms with Crippen molar-refractivity contribution < 1.29 is 13.3 Å². The Bertz CT molecular complexity index is 219. The smallest absolute Gasteiger partial charge is 0.374 e. The highest BCUT2D eigenvalue weighted by molar-refractivity contribution is 6.62. The fourth-order valence-corrected chi connectivity index (χ4v) is 6.30. The summed E-state index contributed by atoms with van der Waals surface area (Å²) in [5, 5.41) is 0. The monoisotopic (exact) mass is 332 g/mol. The van der Waals surface area contributed by atoms with Crippen molar-refractivity contribution in [1.82, 2.24) is 0 Å². The van der Waals surface area contributed by atoms with Crippen LogP contribution in [0.5, 0.6) is 0 Å². The molecule has 0 spiro atoms. The Kier molecular flexibility index (Phi) is 14.7. The minimum Gasteiger partial charge on any atom is -0.374 e. The molecule has 3 nitrogen and oxygen atoms in total. The van der Waals surface area contributed by atoms with Crippen molar-refractivity contribution in [2.75, 3.05) is 19.8 Å². The first-order valence-electron chi connectivity index (χ1n) is 9.62. The molecule has 0 bridgehead atoms. The topological polar surface area (TPSA) is 27.7 Å². The Morgan fingerprint density at radius 3 is 1.50 bits per heavy atom. The minimum atomic E-state index is -2.53. The van der Waals surface area contributed by atoms with Crippen molar-refractivity contribution >= 4 is 8.80 Å². The summed E-state index contributed by atoms with van der Waals surface area (Å²) >= 11 is 0. The summed E-state index contributed by atoms with van der Waals surface area (Å²) in [6.45, 7) is 12.7. The van der Waals surface area contributed by atoms with Gasteiger partial charge in [-0.15, -0.1) is 0 Å². The van der Waals surface area contributed by atoms with Gasteiger partial charge in [0.1, 0.15) is 0 Å². The zero-order valence-electron chi connectivity index (χ0n) is 15.8. The normalized spacial score (nSPS) is 13.5. The van der Waals surface area contributed by atoms with E-state index in [2.05, 4.69) is 34.6 Å². The largest absolute Gasteiger partial charge is 0.504 e. The van der Waals surface area contributed by atoms with E-state index in [-0.39, 0.29) is 0 Å². The van der Waals surface area contributed by atoms with Crippen LogP contribution in [-0.4, -0.2) is 28.6 Å². The zero-order chi connectivity index (χ0) is 16.7. The molecule has 22 heavy (non-hydrogen) atoms. The molecule has 0 aliphatic carbocycles. The molecule has 0 radical (unpaired) electrons. The van der Waals surface area contributed by atoms with E-state index in [4.69, 9.17) is 13.3 Å². The van der Waals surface area contributed by atoms with Crippen LogP contribution in [0.25, 0.3) is 0 Å². The molecule has 0 fully saturated rings. The molecule has 0 N–H and O–H groups in total. The Balaban J connectivity index is 4.77. The van der Waals surface area contributed by atoms with Gasteiger partial charge in [0.15, 0.2) is 0 Å². The Labute approximate surface area is 140 Å². The number of hydrogen-bond donors (Lipinski definition) is 0. The van der Waals surface area contributed by atoms with Gasteiger partial charge < -0.3 is 13.3 Å². The molecule has 0 aromatic rings. The highest BCUT2D eigenvalue weighted by Crippen LogP contribution is 2.35. The molecule has 4 heteroatoms. The van der Waals surface area contributed by atoms with Gasteiger partial charge in [0.25, 0.3) is 0 Å². The lowest BCUT2D eigenvalue weighted by molar-refractivity contribution is 0.0580.